The molecule has 0 aliphatic carbocycles. The first-order chi connectivity index (χ1) is 11.5. The number of nitrogens with one attached hydrogen (secondary N) is 2. The number of rotatable bonds is 7. The van der Waals surface area contributed by atoms with E-state index in [0.717, 1.165) is 25.5 Å². The maximum absolute atomic E-state index is 4.39. The molecule has 1 heterocycles. The van der Waals surface area contributed by atoms with E-state index in [2.05, 4.69) is 83.6 Å². The molecule has 1 aromatic carbocycles. The normalized spacial score (nSPS) is 22.6. The van der Waals surface area contributed by atoms with Crippen molar-refractivity contribution in [1.29, 1.82) is 0 Å². The van der Waals surface area contributed by atoms with E-state index in [-0.39, 0.29) is 0 Å². The quantitative estimate of drug-likeness (QED) is 0.587. The summed E-state index contributed by atoms with van der Waals surface area (Å²) in [5, 5.41) is 7.01. The number of aliphatic imine (C=N–C) groups is 1. The molecule has 0 saturated carbocycles. The second kappa shape index (κ2) is 9.33. The molecule has 2 unspecified atom stereocenters. The zero-order valence-electron chi connectivity index (χ0n) is 15.5. The summed E-state index contributed by atoms with van der Waals surface area (Å²) in [7, 11) is 6.13. The molecule has 0 spiro atoms. The fourth-order valence-corrected chi connectivity index (χ4v) is 4.25. The van der Waals surface area contributed by atoms with E-state index in [1.165, 1.54) is 24.2 Å². The lowest BCUT2D eigenvalue weighted by atomic mass is 10.1. The van der Waals surface area contributed by atoms with E-state index in [1.807, 2.05) is 7.05 Å². The van der Waals surface area contributed by atoms with Crippen LogP contribution in [0.1, 0.15) is 25.3 Å². The van der Waals surface area contributed by atoms with Gasteiger partial charge in [0, 0.05) is 30.9 Å². The largest absolute Gasteiger partial charge is 0.355 e. The Morgan fingerprint density at radius 3 is 2.62 bits per heavy atom. The molecule has 0 aromatic heterocycles. The van der Waals surface area contributed by atoms with Gasteiger partial charge in [-0.15, -0.1) is 0 Å². The highest BCUT2D eigenvalue weighted by Gasteiger charge is 2.29. The highest BCUT2D eigenvalue weighted by atomic mass is 32.2. The number of nitrogens with zero attached hydrogens (tertiary/aromatic N) is 2. The minimum Gasteiger partial charge on any atom is -0.355 e. The number of guanidine groups is 1. The Labute approximate surface area is 151 Å². The lowest BCUT2D eigenvalue weighted by molar-refractivity contribution is 0.290. The number of likely N-dealkylation sites (N-methyl/N-ethyl adjacent to an activating group) is 1. The van der Waals surface area contributed by atoms with Crippen molar-refractivity contribution in [3.05, 3.63) is 35.9 Å². The molecule has 0 amide bonds. The van der Waals surface area contributed by atoms with E-state index in [1.54, 1.807) is 0 Å². The van der Waals surface area contributed by atoms with Crippen molar-refractivity contribution in [3.63, 3.8) is 0 Å². The van der Waals surface area contributed by atoms with Crippen molar-refractivity contribution in [2.75, 3.05) is 40.0 Å². The Hall–Kier alpha value is -1.20. The molecule has 1 saturated heterocycles. The van der Waals surface area contributed by atoms with Crippen molar-refractivity contribution in [3.8, 4) is 0 Å². The molecule has 2 atom stereocenters. The summed E-state index contributed by atoms with van der Waals surface area (Å²) in [6.45, 7) is 4.21. The number of hydrogen-bond acceptors (Lipinski definition) is 3. The Kier molecular flexibility index (Phi) is 7.43. The predicted molar refractivity (Wildman–Crippen MR) is 107 cm³/mol. The molecular weight excluding hydrogens is 316 g/mol. The van der Waals surface area contributed by atoms with Gasteiger partial charge in [-0.25, -0.2) is 0 Å². The summed E-state index contributed by atoms with van der Waals surface area (Å²) in [6, 6.07) is 11.1. The standard InChI is InChI=1S/C19H32N4S/c1-19(11-8-12-24-19)15-22-18(20-2)21-14-17(23(3)4)13-16-9-6-5-7-10-16/h5-7,9-10,17H,8,11-15H2,1-4H3,(H2,20,21,22). The SMILES string of the molecule is CN=C(NCC(Cc1ccccc1)N(C)C)NCC1(C)CCCS1. The summed E-state index contributed by atoms with van der Waals surface area (Å²) in [4.78, 5) is 6.66. The van der Waals surface area contributed by atoms with Crippen molar-refractivity contribution in [1.82, 2.24) is 15.5 Å². The second-order valence-electron chi connectivity index (χ2n) is 7.02. The smallest absolute Gasteiger partial charge is 0.191 e. The van der Waals surface area contributed by atoms with Gasteiger partial charge in [0.05, 0.1) is 0 Å². The molecule has 2 N–H and O–H groups in total. The topological polar surface area (TPSA) is 39.7 Å². The van der Waals surface area contributed by atoms with Crippen LogP contribution in [0.15, 0.2) is 35.3 Å². The molecule has 134 valence electrons. The summed E-state index contributed by atoms with van der Waals surface area (Å²) in [5.41, 5.74) is 1.37. The van der Waals surface area contributed by atoms with Crippen LogP contribution in [0, 0.1) is 0 Å². The van der Waals surface area contributed by atoms with Crippen LogP contribution in [0.2, 0.25) is 0 Å². The van der Waals surface area contributed by atoms with Gasteiger partial charge in [-0.3, -0.25) is 4.99 Å². The third-order valence-electron chi connectivity index (χ3n) is 4.70. The first-order valence-electron chi connectivity index (χ1n) is 8.81. The number of thioether (sulfide) groups is 1. The minimum atomic E-state index is 0.350. The van der Waals surface area contributed by atoms with E-state index < -0.39 is 0 Å². The summed E-state index contributed by atoms with van der Waals surface area (Å²) < 4.78 is 0.350. The van der Waals surface area contributed by atoms with E-state index in [9.17, 15) is 0 Å². The van der Waals surface area contributed by atoms with Gasteiger partial charge in [-0.2, -0.15) is 11.8 Å². The van der Waals surface area contributed by atoms with Crippen LogP contribution in [0.25, 0.3) is 0 Å². The minimum absolute atomic E-state index is 0.350. The van der Waals surface area contributed by atoms with Crippen molar-refractivity contribution in [2.45, 2.75) is 37.0 Å². The molecule has 0 radical (unpaired) electrons. The van der Waals surface area contributed by atoms with Gasteiger partial charge in [0.2, 0.25) is 0 Å². The maximum atomic E-state index is 4.39. The van der Waals surface area contributed by atoms with Crippen LogP contribution in [0.3, 0.4) is 0 Å². The third kappa shape index (κ3) is 6.02. The third-order valence-corrected chi connectivity index (χ3v) is 6.24. The molecule has 4 nitrogen and oxygen atoms in total. The highest BCUT2D eigenvalue weighted by molar-refractivity contribution is 8.00. The monoisotopic (exact) mass is 348 g/mol. The van der Waals surface area contributed by atoms with Crippen molar-refractivity contribution in [2.24, 2.45) is 4.99 Å². The van der Waals surface area contributed by atoms with E-state index in [0.29, 0.717) is 10.8 Å². The molecule has 24 heavy (non-hydrogen) atoms. The fourth-order valence-electron chi connectivity index (χ4n) is 3.01. The molecular formula is C19H32N4S. The Morgan fingerprint density at radius 2 is 2.04 bits per heavy atom. The van der Waals surface area contributed by atoms with Crippen LogP contribution >= 0.6 is 11.8 Å². The lowest BCUT2D eigenvalue weighted by Crippen LogP contribution is -2.48. The molecule has 1 aromatic rings. The van der Waals surface area contributed by atoms with Gasteiger partial charge in [0.25, 0.3) is 0 Å². The summed E-state index contributed by atoms with van der Waals surface area (Å²) in [6.07, 6.45) is 3.65. The summed E-state index contributed by atoms with van der Waals surface area (Å²) in [5.74, 6) is 2.19. The van der Waals surface area contributed by atoms with E-state index in [4.69, 9.17) is 0 Å². The predicted octanol–water partition coefficient (Wildman–Crippen LogP) is 2.61. The van der Waals surface area contributed by atoms with Crippen molar-refractivity contribution >= 4 is 17.7 Å². The zero-order valence-corrected chi connectivity index (χ0v) is 16.3. The Bertz CT molecular complexity index is 509. The lowest BCUT2D eigenvalue weighted by Gasteiger charge is -2.27. The van der Waals surface area contributed by atoms with Crippen LogP contribution in [0.4, 0.5) is 0 Å². The number of hydrogen-bond donors (Lipinski definition) is 2. The van der Waals surface area contributed by atoms with Crippen LogP contribution in [-0.4, -0.2) is 61.6 Å². The summed E-state index contributed by atoms with van der Waals surface area (Å²) >= 11 is 2.07. The Morgan fingerprint density at radius 1 is 1.29 bits per heavy atom. The van der Waals surface area contributed by atoms with Gasteiger partial charge < -0.3 is 15.5 Å². The Balaban J connectivity index is 1.83. The molecule has 1 aliphatic heterocycles. The van der Waals surface area contributed by atoms with Gasteiger partial charge in [0.15, 0.2) is 5.96 Å². The van der Waals surface area contributed by atoms with Crippen LogP contribution in [-0.2, 0) is 6.42 Å². The fraction of sp³-hybridized carbons (Fsp3) is 0.632. The molecule has 1 fully saturated rings. The van der Waals surface area contributed by atoms with Gasteiger partial charge in [-0.05, 0) is 51.6 Å². The van der Waals surface area contributed by atoms with Gasteiger partial charge in [0.1, 0.15) is 0 Å². The average molecular weight is 349 g/mol. The maximum Gasteiger partial charge on any atom is 0.191 e. The van der Waals surface area contributed by atoms with Crippen LogP contribution < -0.4 is 10.6 Å². The molecule has 1 aliphatic rings. The highest BCUT2D eigenvalue weighted by Crippen LogP contribution is 2.36. The van der Waals surface area contributed by atoms with E-state index >= 15 is 0 Å². The first kappa shape index (κ1) is 19.1. The average Bonchev–Trinajstić information content (AvgIpc) is 3.01. The zero-order chi connectivity index (χ0) is 17.4. The molecule has 0 bridgehead atoms. The first-order valence-corrected chi connectivity index (χ1v) is 9.80. The van der Waals surface area contributed by atoms with Crippen molar-refractivity contribution < 1.29 is 0 Å². The van der Waals surface area contributed by atoms with Crippen LogP contribution in [0.5, 0.6) is 0 Å². The molecule has 5 heteroatoms. The molecule has 2 rings (SSSR count). The second-order valence-corrected chi connectivity index (χ2v) is 8.70. The number of benzene rings is 1. The van der Waals surface area contributed by atoms with Gasteiger partial charge >= 0.3 is 0 Å². The van der Waals surface area contributed by atoms with Gasteiger partial charge in [-0.1, -0.05) is 30.3 Å².